The summed E-state index contributed by atoms with van der Waals surface area (Å²) in [5, 5.41) is 23.4. The molecule has 3 aromatic heterocycles. The number of nitriles is 1. The number of nitrogens with one attached hydrogen (secondary N) is 1. The minimum absolute atomic E-state index is 0.157. The van der Waals surface area contributed by atoms with Gasteiger partial charge in [0.2, 0.25) is 11.1 Å². The number of carbonyl (C=O) groups excluding carboxylic acids is 1. The molecule has 0 saturated carbocycles. The average Bonchev–Trinajstić information content (AvgIpc) is 3.26. The number of hydrogen-bond donors (Lipinski definition) is 1. The lowest BCUT2D eigenvalue weighted by Gasteiger charge is -2.08. The highest BCUT2D eigenvalue weighted by Gasteiger charge is 2.21. The number of rotatable bonds is 4. The minimum atomic E-state index is -0.165. The van der Waals surface area contributed by atoms with E-state index in [1.54, 1.807) is 11.3 Å². The number of nitrogens with zero attached hydrogens (tertiary/aromatic N) is 5. The molecule has 0 radical (unpaired) electrons. The van der Waals surface area contributed by atoms with Crippen LogP contribution in [0.5, 0.6) is 0 Å². The first-order valence-electron chi connectivity index (χ1n) is 10.7. The molecule has 0 spiro atoms. The molecule has 4 aromatic rings. The van der Waals surface area contributed by atoms with Gasteiger partial charge in [0.05, 0.1) is 16.8 Å². The zero-order chi connectivity index (χ0) is 22.1. The van der Waals surface area contributed by atoms with E-state index in [0.29, 0.717) is 15.7 Å². The summed E-state index contributed by atoms with van der Waals surface area (Å²) in [6, 6.07) is 10.3. The number of benzene rings is 1. The molecule has 0 atom stereocenters. The van der Waals surface area contributed by atoms with E-state index in [1.165, 1.54) is 29.5 Å². The lowest BCUT2D eigenvalue weighted by molar-refractivity contribution is -0.113. The molecule has 3 heterocycles. The van der Waals surface area contributed by atoms with E-state index in [1.807, 2.05) is 35.9 Å². The highest BCUT2D eigenvalue weighted by Crippen LogP contribution is 2.36. The Morgan fingerprint density at radius 1 is 1.22 bits per heavy atom. The van der Waals surface area contributed by atoms with Crippen molar-refractivity contribution >= 4 is 56.1 Å². The number of hydrogen-bond acceptors (Lipinski definition) is 7. The molecule has 0 aliphatic heterocycles. The van der Waals surface area contributed by atoms with Gasteiger partial charge < -0.3 is 9.88 Å². The van der Waals surface area contributed by atoms with Crippen LogP contribution in [0.3, 0.4) is 0 Å². The Morgan fingerprint density at radius 3 is 2.88 bits per heavy atom. The summed E-state index contributed by atoms with van der Waals surface area (Å²) in [5.41, 5.74) is 4.32. The third kappa shape index (κ3) is 3.85. The zero-order valence-electron chi connectivity index (χ0n) is 17.7. The van der Waals surface area contributed by atoms with Crippen LogP contribution in [0, 0.1) is 11.3 Å². The highest BCUT2D eigenvalue weighted by molar-refractivity contribution is 7.99. The van der Waals surface area contributed by atoms with Gasteiger partial charge in [0.1, 0.15) is 16.6 Å². The summed E-state index contributed by atoms with van der Waals surface area (Å²) >= 11 is 2.80. The molecule has 1 amide bonds. The quantitative estimate of drug-likeness (QED) is 0.436. The van der Waals surface area contributed by atoms with Crippen molar-refractivity contribution in [3.8, 4) is 6.07 Å². The second-order valence-corrected chi connectivity index (χ2v) is 9.96. The van der Waals surface area contributed by atoms with Crippen LogP contribution in [0.2, 0.25) is 0 Å². The molecule has 32 heavy (non-hydrogen) atoms. The minimum Gasteiger partial charge on any atom is -0.327 e. The Balaban J connectivity index is 1.32. The van der Waals surface area contributed by atoms with E-state index in [-0.39, 0.29) is 11.7 Å². The molecule has 0 unspecified atom stereocenters. The highest BCUT2D eigenvalue weighted by atomic mass is 32.2. The first-order valence-corrected chi connectivity index (χ1v) is 12.5. The summed E-state index contributed by atoms with van der Waals surface area (Å²) < 4.78 is 1.99. The summed E-state index contributed by atoms with van der Waals surface area (Å²) in [4.78, 5) is 18.5. The van der Waals surface area contributed by atoms with Crippen molar-refractivity contribution in [1.29, 1.82) is 5.26 Å². The van der Waals surface area contributed by atoms with Crippen LogP contribution in [-0.2, 0) is 24.7 Å². The molecular formula is C23H22N6OS2. The molecule has 0 bridgehead atoms. The fraction of sp³-hybridized carbons (Fsp3) is 0.348. The fourth-order valence-electron chi connectivity index (χ4n) is 4.27. The Kier molecular flexibility index (Phi) is 5.81. The van der Waals surface area contributed by atoms with Crippen molar-refractivity contribution in [2.24, 2.45) is 7.05 Å². The van der Waals surface area contributed by atoms with E-state index in [0.717, 1.165) is 53.3 Å². The topological polar surface area (TPSA) is 96.5 Å². The molecule has 9 heteroatoms. The van der Waals surface area contributed by atoms with E-state index < -0.39 is 0 Å². The lowest BCUT2D eigenvalue weighted by Crippen LogP contribution is -2.14. The molecule has 162 valence electrons. The molecule has 1 aliphatic rings. The van der Waals surface area contributed by atoms with Gasteiger partial charge >= 0.3 is 0 Å². The smallest absolute Gasteiger partial charge is 0.235 e. The molecule has 1 aliphatic carbocycles. The lowest BCUT2D eigenvalue weighted by atomic mass is 9.97. The normalized spacial score (nSPS) is 14.0. The van der Waals surface area contributed by atoms with E-state index in [2.05, 4.69) is 26.6 Å². The fourth-order valence-corrected chi connectivity index (χ4v) is 6.11. The van der Waals surface area contributed by atoms with Gasteiger partial charge in [0.25, 0.3) is 0 Å². The van der Waals surface area contributed by atoms with Crippen LogP contribution in [-0.4, -0.2) is 31.4 Å². The first-order chi connectivity index (χ1) is 15.7. The van der Waals surface area contributed by atoms with Crippen molar-refractivity contribution in [1.82, 2.24) is 19.7 Å². The third-order valence-corrected chi connectivity index (χ3v) is 7.90. The molecule has 0 saturated heterocycles. The van der Waals surface area contributed by atoms with Gasteiger partial charge in [-0.3, -0.25) is 4.79 Å². The van der Waals surface area contributed by atoms with Gasteiger partial charge in [0.15, 0.2) is 5.65 Å². The Hall–Kier alpha value is -2.96. The Bertz CT molecular complexity index is 1370. The predicted octanol–water partition coefficient (Wildman–Crippen LogP) is 4.84. The van der Waals surface area contributed by atoms with E-state index >= 15 is 0 Å². The molecule has 5 rings (SSSR count). The average molecular weight is 463 g/mol. The van der Waals surface area contributed by atoms with Crippen molar-refractivity contribution in [2.75, 3.05) is 11.1 Å². The number of thioether (sulfide) groups is 1. The standard InChI is InChI=1S/C23H22N6OS2/c1-29-17-10-7-6-9-15(17)20-21(29)26-23(28-27-20)31-13-19(30)25-22-16(12-24)14-8-4-2-3-5-11-18(14)32-22/h6-7,9-10H,2-5,8,11,13H2,1H3,(H,25,30). The second-order valence-electron chi connectivity index (χ2n) is 7.91. The van der Waals surface area contributed by atoms with Crippen LogP contribution in [0.15, 0.2) is 29.4 Å². The van der Waals surface area contributed by atoms with Crippen molar-refractivity contribution in [3.63, 3.8) is 0 Å². The number of aryl methyl sites for hydroxylation is 2. The van der Waals surface area contributed by atoms with Crippen LogP contribution in [0.25, 0.3) is 22.1 Å². The maximum atomic E-state index is 12.7. The van der Waals surface area contributed by atoms with Crippen molar-refractivity contribution in [3.05, 3.63) is 40.3 Å². The molecule has 7 nitrogen and oxygen atoms in total. The van der Waals surface area contributed by atoms with Gasteiger partial charge in [-0.15, -0.1) is 21.5 Å². The Labute approximate surface area is 193 Å². The van der Waals surface area contributed by atoms with Crippen LogP contribution in [0.1, 0.15) is 41.7 Å². The molecular weight excluding hydrogens is 440 g/mol. The SMILES string of the molecule is Cn1c2ccccc2c2nnc(SCC(=O)Nc3sc4c(c3C#N)CCCCCC4)nc21. The maximum absolute atomic E-state index is 12.7. The molecule has 1 aromatic carbocycles. The number of fused-ring (bicyclic) bond motifs is 4. The monoisotopic (exact) mass is 462 g/mol. The second kappa shape index (κ2) is 8.88. The van der Waals surface area contributed by atoms with Gasteiger partial charge in [-0.25, -0.2) is 4.98 Å². The van der Waals surface area contributed by atoms with E-state index in [9.17, 15) is 10.1 Å². The summed E-state index contributed by atoms with van der Waals surface area (Å²) in [6.07, 6.45) is 6.58. The van der Waals surface area contributed by atoms with Gasteiger partial charge in [-0.05, 0) is 37.3 Å². The summed E-state index contributed by atoms with van der Waals surface area (Å²) in [5.74, 6) is -0.00801. The van der Waals surface area contributed by atoms with E-state index in [4.69, 9.17) is 0 Å². The molecule has 0 fully saturated rings. The van der Waals surface area contributed by atoms with Crippen LogP contribution in [0.4, 0.5) is 5.00 Å². The number of aromatic nitrogens is 4. The third-order valence-electron chi connectivity index (χ3n) is 5.86. The van der Waals surface area contributed by atoms with Crippen molar-refractivity contribution < 1.29 is 4.79 Å². The van der Waals surface area contributed by atoms with Crippen LogP contribution >= 0.6 is 23.1 Å². The number of carbonyl (C=O) groups is 1. The Morgan fingerprint density at radius 2 is 2.03 bits per heavy atom. The molecule has 1 N–H and O–H groups in total. The summed E-state index contributed by atoms with van der Waals surface area (Å²) in [6.45, 7) is 0. The van der Waals surface area contributed by atoms with Gasteiger partial charge in [-0.2, -0.15) is 5.26 Å². The van der Waals surface area contributed by atoms with Crippen LogP contribution < -0.4 is 5.32 Å². The number of amides is 1. The largest absolute Gasteiger partial charge is 0.327 e. The number of anilines is 1. The van der Waals surface area contributed by atoms with Crippen molar-refractivity contribution in [2.45, 2.75) is 43.7 Å². The zero-order valence-corrected chi connectivity index (χ0v) is 19.4. The number of thiophene rings is 1. The van der Waals surface area contributed by atoms with Gasteiger partial charge in [-0.1, -0.05) is 42.8 Å². The number of para-hydroxylation sites is 1. The van der Waals surface area contributed by atoms with Gasteiger partial charge in [0, 0.05) is 17.3 Å². The first kappa shape index (κ1) is 20.9. The maximum Gasteiger partial charge on any atom is 0.235 e. The predicted molar refractivity (Wildman–Crippen MR) is 128 cm³/mol. The summed E-state index contributed by atoms with van der Waals surface area (Å²) in [7, 11) is 1.95.